The molecular formula is C24H27N2O4S2+. The van der Waals surface area contributed by atoms with Gasteiger partial charge < -0.3 is 24.6 Å². The first-order valence-corrected chi connectivity index (χ1v) is 12.0. The van der Waals surface area contributed by atoms with Crippen LogP contribution in [-0.2, 0) is 6.54 Å². The van der Waals surface area contributed by atoms with E-state index < -0.39 is 0 Å². The van der Waals surface area contributed by atoms with Crippen LogP contribution >= 0.6 is 23.1 Å². The summed E-state index contributed by atoms with van der Waals surface area (Å²) in [5.41, 5.74) is 3.18. The Balaban J connectivity index is 1.71. The summed E-state index contributed by atoms with van der Waals surface area (Å²) < 4.78 is 14.0. The monoisotopic (exact) mass is 471 g/mol. The molecule has 8 heteroatoms. The molecule has 2 aromatic carbocycles. The summed E-state index contributed by atoms with van der Waals surface area (Å²) in [6.07, 6.45) is 4.28. The van der Waals surface area contributed by atoms with Gasteiger partial charge in [-0.3, -0.25) is 0 Å². The third-order valence-electron chi connectivity index (χ3n) is 5.22. The maximum absolute atomic E-state index is 9.63. The van der Waals surface area contributed by atoms with Crippen LogP contribution in [-0.4, -0.2) is 44.2 Å². The number of ether oxygens (including phenoxy) is 2. The number of nitrogens with zero attached hydrogens (tertiary/aromatic N) is 2. The summed E-state index contributed by atoms with van der Waals surface area (Å²) in [7, 11) is 3.32. The molecule has 1 aliphatic rings. The van der Waals surface area contributed by atoms with E-state index in [-0.39, 0.29) is 13.2 Å². The van der Waals surface area contributed by atoms with Gasteiger partial charge in [-0.05, 0) is 42.8 Å². The standard InChI is InChI=1S/C24H27N2O4S2/c1-16(12-23-25(8-10-27)19-14-17(29-2)4-6-21(19)31-23)13-24-26(9-11-28)20-15-18(30-3)5-7-22(20)32-24/h4-7,12-15,27-28H,8-11H2,1-3H3/q+1. The SMILES string of the molecule is COc1ccc2c(c1)N(CCO)/C(=C/C(C)=C/c1sc3ccc(OC)cc3[n+]1CCO)S2. The first-order valence-electron chi connectivity index (χ1n) is 10.3. The highest BCUT2D eigenvalue weighted by Crippen LogP contribution is 2.47. The van der Waals surface area contributed by atoms with Crippen LogP contribution in [0.4, 0.5) is 5.69 Å². The number of benzene rings is 2. The largest absolute Gasteiger partial charge is 0.497 e. The third-order valence-corrected chi connectivity index (χ3v) is 7.45. The average molecular weight is 472 g/mol. The Morgan fingerprint density at radius 3 is 2.53 bits per heavy atom. The predicted molar refractivity (Wildman–Crippen MR) is 131 cm³/mol. The minimum absolute atomic E-state index is 0.0615. The number of fused-ring (bicyclic) bond motifs is 2. The Morgan fingerprint density at radius 1 is 1.06 bits per heavy atom. The lowest BCUT2D eigenvalue weighted by Gasteiger charge is -2.19. The van der Waals surface area contributed by atoms with E-state index in [0.29, 0.717) is 13.1 Å². The molecule has 0 bridgehead atoms. The van der Waals surface area contributed by atoms with Crippen LogP contribution in [0.15, 0.2) is 58.0 Å². The normalized spacial score (nSPS) is 15.0. The van der Waals surface area contributed by atoms with Gasteiger partial charge in [-0.1, -0.05) is 23.1 Å². The molecule has 2 N–H and O–H groups in total. The molecule has 1 aromatic heterocycles. The Morgan fingerprint density at radius 2 is 1.81 bits per heavy atom. The molecule has 0 saturated carbocycles. The first kappa shape index (κ1) is 22.7. The van der Waals surface area contributed by atoms with E-state index in [0.717, 1.165) is 47.9 Å². The number of β-amino-alcohol motifs (C(OH)–C–C–N with tert-alkyl or cyclic N) is 1. The van der Waals surface area contributed by atoms with Crippen LogP contribution in [0.3, 0.4) is 0 Å². The molecule has 4 rings (SSSR count). The molecule has 0 unspecified atom stereocenters. The van der Waals surface area contributed by atoms with E-state index in [1.54, 1.807) is 37.3 Å². The van der Waals surface area contributed by atoms with Crippen molar-refractivity contribution in [1.29, 1.82) is 0 Å². The summed E-state index contributed by atoms with van der Waals surface area (Å²) in [6, 6.07) is 12.0. The maximum atomic E-state index is 9.63. The summed E-state index contributed by atoms with van der Waals surface area (Å²) >= 11 is 3.37. The van der Waals surface area contributed by atoms with Crippen molar-refractivity contribution in [2.75, 3.05) is 38.9 Å². The van der Waals surface area contributed by atoms with E-state index in [1.165, 1.54) is 0 Å². The quantitative estimate of drug-likeness (QED) is 0.483. The molecule has 0 spiro atoms. The predicted octanol–water partition coefficient (Wildman–Crippen LogP) is 4.05. The molecule has 0 aliphatic carbocycles. The van der Waals surface area contributed by atoms with Crippen molar-refractivity contribution in [2.24, 2.45) is 0 Å². The fraction of sp³-hybridized carbons (Fsp3) is 0.292. The van der Waals surface area contributed by atoms with E-state index in [9.17, 15) is 10.2 Å². The number of aromatic nitrogens is 1. The fourth-order valence-electron chi connectivity index (χ4n) is 3.72. The van der Waals surface area contributed by atoms with Crippen molar-refractivity contribution in [3.8, 4) is 11.5 Å². The molecule has 0 saturated heterocycles. The summed E-state index contributed by atoms with van der Waals surface area (Å²) in [4.78, 5) is 3.26. The first-order chi connectivity index (χ1) is 15.6. The molecular weight excluding hydrogens is 444 g/mol. The number of methoxy groups -OCH3 is 2. The van der Waals surface area contributed by atoms with Crippen LogP contribution in [0.2, 0.25) is 0 Å². The second-order valence-electron chi connectivity index (χ2n) is 7.33. The summed E-state index contributed by atoms with van der Waals surface area (Å²) in [5, 5.41) is 21.4. The highest BCUT2D eigenvalue weighted by Gasteiger charge is 2.26. The van der Waals surface area contributed by atoms with Crippen LogP contribution in [0.25, 0.3) is 16.3 Å². The molecule has 0 atom stereocenters. The topological polar surface area (TPSA) is 66.0 Å². The van der Waals surface area contributed by atoms with Gasteiger partial charge in [0.15, 0.2) is 6.54 Å². The van der Waals surface area contributed by atoms with Crippen LogP contribution in [0, 0.1) is 0 Å². The van der Waals surface area contributed by atoms with Crippen molar-refractivity contribution in [2.45, 2.75) is 18.4 Å². The van der Waals surface area contributed by atoms with Gasteiger partial charge in [0.05, 0.1) is 37.6 Å². The second kappa shape index (κ2) is 9.95. The van der Waals surface area contributed by atoms with E-state index in [2.05, 4.69) is 40.7 Å². The molecule has 6 nitrogen and oxygen atoms in total. The van der Waals surface area contributed by atoms with Crippen molar-refractivity contribution in [3.05, 3.63) is 58.1 Å². The van der Waals surface area contributed by atoms with Crippen molar-refractivity contribution in [1.82, 2.24) is 0 Å². The number of hydrogen-bond acceptors (Lipinski definition) is 7. The molecule has 3 aromatic rings. The average Bonchev–Trinajstić information content (AvgIpc) is 3.31. The number of thioether (sulfide) groups is 1. The van der Waals surface area contributed by atoms with Gasteiger partial charge in [0.1, 0.15) is 22.8 Å². The zero-order chi connectivity index (χ0) is 22.7. The molecule has 0 radical (unpaired) electrons. The van der Waals surface area contributed by atoms with Gasteiger partial charge in [-0.15, -0.1) is 0 Å². The Bertz CT molecular complexity index is 1190. The van der Waals surface area contributed by atoms with Crippen molar-refractivity contribution >= 4 is 45.1 Å². The zero-order valence-corrected chi connectivity index (χ0v) is 20.0. The molecule has 168 valence electrons. The number of aliphatic hydroxyl groups is 2. The van der Waals surface area contributed by atoms with E-state index >= 15 is 0 Å². The minimum atomic E-state index is 0.0615. The second-order valence-corrected chi connectivity index (χ2v) is 9.46. The van der Waals surface area contributed by atoms with Crippen molar-refractivity contribution in [3.63, 3.8) is 0 Å². The van der Waals surface area contributed by atoms with Crippen LogP contribution in [0.1, 0.15) is 11.9 Å². The number of hydrogen-bond donors (Lipinski definition) is 2. The molecule has 2 heterocycles. The van der Waals surface area contributed by atoms with Gasteiger partial charge in [-0.2, -0.15) is 4.57 Å². The van der Waals surface area contributed by atoms with E-state index in [4.69, 9.17) is 9.47 Å². The lowest BCUT2D eigenvalue weighted by Crippen LogP contribution is -2.36. The number of aliphatic hydroxyl groups excluding tert-OH is 2. The Hall–Kier alpha value is -2.52. The Kier molecular flexibility index (Phi) is 7.05. The highest BCUT2D eigenvalue weighted by atomic mass is 32.2. The van der Waals surface area contributed by atoms with Gasteiger partial charge >= 0.3 is 0 Å². The molecule has 32 heavy (non-hydrogen) atoms. The maximum Gasteiger partial charge on any atom is 0.263 e. The molecule has 0 amide bonds. The lowest BCUT2D eigenvalue weighted by atomic mass is 10.2. The van der Waals surface area contributed by atoms with Gasteiger partial charge in [0.25, 0.3) is 5.01 Å². The highest BCUT2D eigenvalue weighted by molar-refractivity contribution is 8.03. The van der Waals surface area contributed by atoms with Crippen LogP contribution < -0.4 is 18.9 Å². The van der Waals surface area contributed by atoms with Gasteiger partial charge in [-0.25, -0.2) is 0 Å². The summed E-state index contributed by atoms with van der Waals surface area (Å²) in [5.74, 6) is 1.60. The van der Waals surface area contributed by atoms with Crippen molar-refractivity contribution < 1.29 is 24.3 Å². The van der Waals surface area contributed by atoms with E-state index in [1.807, 2.05) is 24.3 Å². The minimum Gasteiger partial charge on any atom is -0.497 e. The smallest absolute Gasteiger partial charge is 0.263 e. The molecule has 0 fully saturated rings. The number of thiazole rings is 1. The van der Waals surface area contributed by atoms with Gasteiger partial charge in [0.2, 0.25) is 5.52 Å². The van der Waals surface area contributed by atoms with Gasteiger partial charge in [0, 0.05) is 23.6 Å². The number of anilines is 1. The van der Waals surface area contributed by atoms with Crippen LogP contribution in [0.5, 0.6) is 11.5 Å². The number of rotatable bonds is 8. The zero-order valence-electron chi connectivity index (χ0n) is 18.4. The fourth-order valence-corrected chi connectivity index (χ4v) is 6.08. The molecule has 1 aliphatic heterocycles. The summed E-state index contributed by atoms with van der Waals surface area (Å²) in [6.45, 7) is 3.22. The Labute approximate surface area is 196 Å². The third kappa shape index (κ3) is 4.49. The number of allylic oxidation sites excluding steroid dienone is 2. The lowest BCUT2D eigenvalue weighted by molar-refractivity contribution is -0.670.